The van der Waals surface area contributed by atoms with Crippen molar-refractivity contribution in [3.8, 4) is 5.75 Å². The van der Waals surface area contributed by atoms with Crippen molar-refractivity contribution in [2.24, 2.45) is 5.73 Å². The molecule has 21 heavy (non-hydrogen) atoms. The van der Waals surface area contributed by atoms with Crippen LogP contribution in [0.15, 0.2) is 18.2 Å². The van der Waals surface area contributed by atoms with Gasteiger partial charge in [-0.1, -0.05) is 13.0 Å². The van der Waals surface area contributed by atoms with Gasteiger partial charge in [0.15, 0.2) is 5.82 Å². The maximum atomic E-state index is 13.7. The van der Waals surface area contributed by atoms with Crippen LogP contribution in [-0.4, -0.2) is 29.5 Å². The van der Waals surface area contributed by atoms with Crippen LogP contribution >= 0.6 is 0 Å². The largest absolute Gasteiger partial charge is 0.482 e. The highest BCUT2D eigenvalue weighted by atomic mass is 19.1. The number of benzene rings is 1. The number of para-hydroxylation sites is 1. The standard InChI is InChI=1S/C13H18FN3O4/c1-3-7-16-13(2,12(15)18)8-21-11-9(14)5-4-6-10(11)17(19)20/h4-6,16H,3,7-8H2,1-2H3,(H2,15,18). The van der Waals surface area contributed by atoms with Crippen molar-refractivity contribution < 1.29 is 18.8 Å². The van der Waals surface area contributed by atoms with Gasteiger partial charge in [-0.25, -0.2) is 4.39 Å². The SMILES string of the molecule is CCCNC(C)(COc1c(F)cccc1[N+](=O)[O-])C(N)=O. The smallest absolute Gasteiger partial charge is 0.314 e. The zero-order valence-corrected chi connectivity index (χ0v) is 11.9. The molecular weight excluding hydrogens is 281 g/mol. The average molecular weight is 299 g/mol. The molecular formula is C13H18FN3O4. The van der Waals surface area contributed by atoms with Gasteiger partial charge < -0.3 is 15.8 Å². The fraction of sp³-hybridized carbons (Fsp3) is 0.462. The summed E-state index contributed by atoms with van der Waals surface area (Å²) in [5.41, 5.74) is 3.56. The summed E-state index contributed by atoms with van der Waals surface area (Å²) in [4.78, 5) is 21.6. The molecule has 0 aliphatic heterocycles. The zero-order valence-electron chi connectivity index (χ0n) is 11.9. The van der Waals surface area contributed by atoms with Crippen LogP contribution < -0.4 is 15.8 Å². The Morgan fingerprint density at radius 3 is 2.76 bits per heavy atom. The number of nitro benzene ring substituents is 1. The van der Waals surface area contributed by atoms with Crippen LogP contribution in [0.2, 0.25) is 0 Å². The summed E-state index contributed by atoms with van der Waals surface area (Å²) >= 11 is 0. The fourth-order valence-corrected chi connectivity index (χ4v) is 1.61. The lowest BCUT2D eigenvalue weighted by molar-refractivity contribution is -0.386. The molecule has 0 aliphatic rings. The van der Waals surface area contributed by atoms with Gasteiger partial charge in [0, 0.05) is 6.07 Å². The van der Waals surface area contributed by atoms with Gasteiger partial charge in [-0.05, 0) is 26.0 Å². The lowest BCUT2D eigenvalue weighted by Gasteiger charge is -2.27. The number of carbonyl (C=O) groups is 1. The molecule has 0 spiro atoms. The summed E-state index contributed by atoms with van der Waals surface area (Å²) in [6, 6.07) is 3.38. The average Bonchev–Trinajstić information content (AvgIpc) is 2.43. The molecule has 1 rings (SSSR count). The molecule has 0 aliphatic carbocycles. The summed E-state index contributed by atoms with van der Waals surface area (Å²) in [5.74, 6) is -2.06. The summed E-state index contributed by atoms with van der Waals surface area (Å²) in [7, 11) is 0. The number of amides is 1. The molecule has 1 amide bonds. The molecule has 1 unspecified atom stereocenters. The maximum Gasteiger partial charge on any atom is 0.314 e. The molecule has 116 valence electrons. The van der Waals surface area contributed by atoms with Gasteiger partial charge in [0.25, 0.3) is 0 Å². The van der Waals surface area contributed by atoms with E-state index in [1.807, 2.05) is 6.92 Å². The van der Waals surface area contributed by atoms with E-state index in [0.717, 1.165) is 18.6 Å². The normalized spacial score (nSPS) is 13.5. The molecule has 0 radical (unpaired) electrons. The first kappa shape index (κ1) is 16.8. The molecule has 0 saturated heterocycles. The first-order valence-corrected chi connectivity index (χ1v) is 6.42. The number of nitrogens with zero attached hydrogens (tertiary/aromatic N) is 1. The Kier molecular flexibility index (Phi) is 5.60. The van der Waals surface area contributed by atoms with Crippen molar-refractivity contribution in [3.63, 3.8) is 0 Å². The minimum atomic E-state index is -1.24. The minimum Gasteiger partial charge on any atom is -0.482 e. The third-order valence-electron chi connectivity index (χ3n) is 2.96. The second-order valence-electron chi connectivity index (χ2n) is 4.76. The van der Waals surface area contributed by atoms with E-state index < -0.39 is 33.6 Å². The Bertz CT molecular complexity index is 538. The fourth-order valence-electron chi connectivity index (χ4n) is 1.61. The lowest BCUT2D eigenvalue weighted by Crippen LogP contribution is -2.57. The van der Waals surface area contributed by atoms with E-state index in [1.54, 1.807) is 0 Å². The van der Waals surface area contributed by atoms with E-state index in [4.69, 9.17) is 10.5 Å². The third kappa shape index (κ3) is 4.12. The number of nitro groups is 1. The molecule has 8 heteroatoms. The van der Waals surface area contributed by atoms with Gasteiger partial charge in [-0.15, -0.1) is 0 Å². The highest BCUT2D eigenvalue weighted by Crippen LogP contribution is 2.30. The second-order valence-corrected chi connectivity index (χ2v) is 4.76. The van der Waals surface area contributed by atoms with Gasteiger partial charge in [0.05, 0.1) is 4.92 Å². The zero-order chi connectivity index (χ0) is 16.0. The van der Waals surface area contributed by atoms with Gasteiger partial charge in [0.1, 0.15) is 12.1 Å². The molecule has 7 nitrogen and oxygen atoms in total. The van der Waals surface area contributed by atoms with Gasteiger partial charge in [-0.2, -0.15) is 0 Å². The number of ether oxygens (including phenoxy) is 1. The van der Waals surface area contributed by atoms with Gasteiger partial charge in [0.2, 0.25) is 11.7 Å². The summed E-state index contributed by atoms with van der Waals surface area (Å²) < 4.78 is 18.8. The van der Waals surface area contributed by atoms with E-state index in [2.05, 4.69) is 5.32 Å². The monoisotopic (exact) mass is 299 g/mol. The van der Waals surface area contributed by atoms with Crippen molar-refractivity contribution in [2.75, 3.05) is 13.2 Å². The number of rotatable bonds is 8. The molecule has 0 heterocycles. The maximum absolute atomic E-state index is 13.7. The van der Waals surface area contributed by atoms with Crippen molar-refractivity contribution in [1.82, 2.24) is 5.32 Å². The van der Waals surface area contributed by atoms with E-state index in [-0.39, 0.29) is 6.61 Å². The van der Waals surface area contributed by atoms with E-state index >= 15 is 0 Å². The van der Waals surface area contributed by atoms with Crippen LogP contribution in [-0.2, 0) is 4.79 Å². The molecule has 0 saturated carbocycles. The Morgan fingerprint density at radius 2 is 2.24 bits per heavy atom. The first-order chi connectivity index (χ1) is 9.81. The number of primary amides is 1. The number of carbonyl (C=O) groups excluding carboxylic acids is 1. The van der Waals surface area contributed by atoms with Crippen LogP contribution in [0.25, 0.3) is 0 Å². The Hall–Kier alpha value is -2.22. The summed E-state index contributed by atoms with van der Waals surface area (Å²) in [6.07, 6.45) is 0.753. The number of nitrogens with two attached hydrogens (primary N) is 1. The molecule has 0 bridgehead atoms. The van der Waals surface area contributed by atoms with E-state index in [9.17, 15) is 19.3 Å². The van der Waals surface area contributed by atoms with Gasteiger partial charge >= 0.3 is 5.69 Å². The highest BCUT2D eigenvalue weighted by Gasteiger charge is 2.33. The predicted octanol–water partition coefficient (Wildman–Crippen LogP) is 1.36. The van der Waals surface area contributed by atoms with Crippen molar-refractivity contribution in [2.45, 2.75) is 25.8 Å². The molecule has 0 fully saturated rings. The van der Waals surface area contributed by atoms with Crippen molar-refractivity contribution in [3.05, 3.63) is 34.1 Å². The topological polar surface area (TPSA) is 107 Å². The molecule has 1 aromatic carbocycles. The van der Waals surface area contributed by atoms with E-state index in [0.29, 0.717) is 6.54 Å². The van der Waals surface area contributed by atoms with Crippen molar-refractivity contribution >= 4 is 11.6 Å². The molecule has 1 aromatic rings. The Labute approximate surface area is 121 Å². The second kappa shape index (κ2) is 6.98. The van der Waals surface area contributed by atoms with Crippen LogP contribution in [0.1, 0.15) is 20.3 Å². The summed E-state index contributed by atoms with van der Waals surface area (Å²) in [6.45, 7) is 3.58. The molecule has 0 aromatic heterocycles. The molecule has 3 N–H and O–H groups in total. The summed E-state index contributed by atoms with van der Waals surface area (Å²) in [5, 5.41) is 13.7. The first-order valence-electron chi connectivity index (χ1n) is 6.42. The quantitative estimate of drug-likeness (QED) is 0.556. The third-order valence-corrected chi connectivity index (χ3v) is 2.96. The van der Waals surface area contributed by atoms with Gasteiger partial charge in [-0.3, -0.25) is 14.9 Å². The van der Waals surface area contributed by atoms with Crippen LogP contribution in [0.3, 0.4) is 0 Å². The van der Waals surface area contributed by atoms with Crippen LogP contribution in [0.4, 0.5) is 10.1 Å². The molecule has 1 atom stereocenters. The lowest BCUT2D eigenvalue weighted by atomic mass is 10.0. The number of hydrogen-bond donors (Lipinski definition) is 2. The number of halogens is 1. The predicted molar refractivity (Wildman–Crippen MR) is 74.4 cm³/mol. The minimum absolute atomic E-state index is 0.315. The number of hydrogen-bond acceptors (Lipinski definition) is 5. The van der Waals surface area contributed by atoms with Crippen molar-refractivity contribution in [1.29, 1.82) is 0 Å². The Balaban J connectivity index is 2.95. The highest BCUT2D eigenvalue weighted by molar-refractivity contribution is 5.84. The Morgan fingerprint density at radius 1 is 1.57 bits per heavy atom. The van der Waals surface area contributed by atoms with Crippen LogP contribution in [0, 0.1) is 15.9 Å². The van der Waals surface area contributed by atoms with E-state index in [1.165, 1.54) is 13.0 Å². The number of nitrogens with one attached hydrogen (secondary N) is 1. The van der Waals surface area contributed by atoms with Crippen LogP contribution in [0.5, 0.6) is 5.75 Å².